The number of fused-ring (bicyclic) bond motifs is 1. The zero-order valence-electron chi connectivity index (χ0n) is 20.1. The van der Waals surface area contributed by atoms with Crippen LogP contribution in [0.4, 0.5) is 5.69 Å². The summed E-state index contributed by atoms with van der Waals surface area (Å²) in [7, 11) is 0. The second-order valence-electron chi connectivity index (χ2n) is 9.90. The second kappa shape index (κ2) is 9.81. The van der Waals surface area contributed by atoms with Crippen molar-refractivity contribution in [2.45, 2.75) is 45.6 Å². The van der Waals surface area contributed by atoms with E-state index < -0.39 is 5.91 Å². The molecule has 0 bridgehead atoms. The molecular formula is C27H33N5O2. The van der Waals surface area contributed by atoms with E-state index in [2.05, 4.69) is 36.4 Å². The molecule has 0 aromatic heterocycles. The summed E-state index contributed by atoms with van der Waals surface area (Å²) in [5, 5.41) is 6.73. The predicted octanol–water partition coefficient (Wildman–Crippen LogP) is 4.02. The number of nitrogens with one attached hydrogen (secondary N) is 2. The Bertz CT molecular complexity index is 1140. The van der Waals surface area contributed by atoms with Crippen LogP contribution in [0, 0.1) is 0 Å². The van der Waals surface area contributed by atoms with Gasteiger partial charge >= 0.3 is 0 Å². The van der Waals surface area contributed by atoms with E-state index in [1.54, 1.807) is 0 Å². The van der Waals surface area contributed by atoms with Crippen LogP contribution in [0.1, 0.15) is 56.0 Å². The Labute approximate surface area is 201 Å². The molecule has 2 aliphatic heterocycles. The predicted molar refractivity (Wildman–Crippen MR) is 138 cm³/mol. The largest absolute Gasteiger partial charge is 0.366 e. The van der Waals surface area contributed by atoms with Crippen LogP contribution in [-0.2, 0) is 4.79 Å². The lowest BCUT2D eigenvalue weighted by Gasteiger charge is -2.19. The molecule has 0 aliphatic carbocycles. The quantitative estimate of drug-likeness (QED) is 0.629. The maximum atomic E-state index is 12.6. The number of benzene rings is 2. The highest BCUT2D eigenvalue weighted by Crippen LogP contribution is 2.30. The van der Waals surface area contributed by atoms with Gasteiger partial charge in [-0.2, -0.15) is 0 Å². The van der Waals surface area contributed by atoms with Crippen LogP contribution in [0.2, 0.25) is 0 Å². The Balaban J connectivity index is 1.59. The van der Waals surface area contributed by atoms with Crippen LogP contribution in [0.5, 0.6) is 0 Å². The fourth-order valence-corrected chi connectivity index (χ4v) is 4.12. The number of anilines is 1. The van der Waals surface area contributed by atoms with Gasteiger partial charge in [0.15, 0.2) is 0 Å². The van der Waals surface area contributed by atoms with E-state index in [-0.39, 0.29) is 11.4 Å². The van der Waals surface area contributed by atoms with Crippen molar-refractivity contribution in [3.05, 3.63) is 59.2 Å². The van der Waals surface area contributed by atoms with E-state index >= 15 is 0 Å². The molecule has 34 heavy (non-hydrogen) atoms. The minimum atomic E-state index is -0.450. The van der Waals surface area contributed by atoms with Gasteiger partial charge in [0.2, 0.25) is 5.91 Å². The van der Waals surface area contributed by atoms with Crippen molar-refractivity contribution < 1.29 is 9.59 Å². The van der Waals surface area contributed by atoms with Gasteiger partial charge in [0, 0.05) is 41.9 Å². The third kappa shape index (κ3) is 5.72. The van der Waals surface area contributed by atoms with Crippen molar-refractivity contribution in [3.63, 3.8) is 0 Å². The van der Waals surface area contributed by atoms with Gasteiger partial charge < -0.3 is 16.0 Å². The molecule has 7 nitrogen and oxygen atoms in total. The Hall–Kier alpha value is -3.45. The summed E-state index contributed by atoms with van der Waals surface area (Å²) in [6, 6.07) is 13.8. The molecule has 178 valence electrons. The SMILES string of the molecule is CC(C)(C)NCN=C1CC(C(N)=O)=Cc2ccc(-c3ccc(C(=O)N4CCCC4)cc3)cc2N1. The minimum Gasteiger partial charge on any atom is -0.366 e. The molecule has 0 saturated carbocycles. The lowest BCUT2D eigenvalue weighted by molar-refractivity contribution is -0.114. The van der Waals surface area contributed by atoms with E-state index in [1.807, 2.05) is 53.4 Å². The third-order valence-electron chi connectivity index (χ3n) is 6.07. The molecule has 0 radical (unpaired) electrons. The van der Waals surface area contributed by atoms with Gasteiger partial charge in [0.1, 0.15) is 5.84 Å². The van der Waals surface area contributed by atoms with Gasteiger partial charge in [0.25, 0.3) is 5.91 Å². The second-order valence-corrected chi connectivity index (χ2v) is 9.90. The number of carbonyl (C=O) groups excluding carboxylic acids is 2. The van der Waals surface area contributed by atoms with E-state index in [9.17, 15) is 9.59 Å². The summed E-state index contributed by atoms with van der Waals surface area (Å²) in [6.45, 7) is 8.34. The van der Waals surface area contributed by atoms with Crippen LogP contribution >= 0.6 is 0 Å². The number of carbonyl (C=O) groups is 2. The highest BCUT2D eigenvalue weighted by molar-refractivity contribution is 6.10. The Morgan fingerprint density at radius 1 is 1.06 bits per heavy atom. The normalized spacial score (nSPS) is 17.1. The molecule has 1 fully saturated rings. The number of primary amides is 1. The van der Waals surface area contributed by atoms with Gasteiger partial charge in [-0.15, -0.1) is 0 Å². The summed E-state index contributed by atoms with van der Waals surface area (Å²) >= 11 is 0. The highest BCUT2D eigenvalue weighted by Gasteiger charge is 2.20. The van der Waals surface area contributed by atoms with Crippen LogP contribution in [0.3, 0.4) is 0 Å². The smallest absolute Gasteiger partial charge is 0.253 e. The number of rotatable bonds is 5. The number of aliphatic imine (C=N–C) groups is 1. The van der Waals surface area contributed by atoms with Gasteiger partial charge in [-0.25, -0.2) is 0 Å². The summed E-state index contributed by atoms with van der Waals surface area (Å²) in [5.41, 5.74) is 10.6. The molecule has 4 rings (SSSR count). The molecule has 2 amide bonds. The average molecular weight is 460 g/mol. The zero-order chi connectivity index (χ0) is 24.3. The molecule has 7 heteroatoms. The van der Waals surface area contributed by atoms with Gasteiger partial charge in [-0.05, 0) is 74.6 Å². The van der Waals surface area contributed by atoms with Crippen molar-refractivity contribution in [2.24, 2.45) is 10.7 Å². The number of nitrogens with two attached hydrogens (primary N) is 1. The lowest BCUT2D eigenvalue weighted by atomic mass is 10.00. The highest BCUT2D eigenvalue weighted by atomic mass is 16.2. The molecule has 2 aromatic rings. The monoisotopic (exact) mass is 459 g/mol. The molecule has 1 saturated heterocycles. The van der Waals surface area contributed by atoms with Crippen molar-refractivity contribution in [3.8, 4) is 11.1 Å². The van der Waals surface area contributed by atoms with Gasteiger partial charge in [0.05, 0.1) is 6.67 Å². The lowest BCUT2D eigenvalue weighted by Crippen LogP contribution is -2.36. The first-order valence-corrected chi connectivity index (χ1v) is 11.8. The van der Waals surface area contributed by atoms with E-state index in [4.69, 9.17) is 5.73 Å². The first kappa shape index (κ1) is 23.7. The summed E-state index contributed by atoms with van der Waals surface area (Å²) in [4.78, 5) is 31.2. The number of likely N-dealkylation sites (tertiary alicyclic amines) is 1. The molecule has 0 unspecified atom stereocenters. The average Bonchev–Trinajstić information content (AvgIpc) is 3.26. The van der Waals surface area contributed by atoms with Crippen molar-refractivity contribution in [1.82, 2.24) is 10.2 Å². The minimum absolute atomic E-state index is 0.0649. The molecule has 2 heterocycles. The fourth-order valence-electron chi connectivity index (χ4n) is 4.12. The van der Waals surface area contributed by atoms with Crippen molar-refractivity contribution in [2.75, 3.05) is 25.1 Å². The first-order chi connectivity index (χ1) is 16.2. The number of amides is 2. The van der Waals surface area contributed by atoms with E-state index in [0.717, 1.165) is 48.3 Å². The van der Waals surface area contributed by atoms with Crippen LogP contribution in [-0.4, -0.2) is 47.8 Å². The van der Waals surface area contributed by atoms with Crippen LogP contribution in [0.25, 0.3) is 17.2 Å². The first-order valence-electron chi connectivity index (χ1n) is 11.8. The molecular weight excluding hydrogens is 426 g/mol. The van der Waals surface area contributed by atoms with Crippen LogP contribution in [0.15, 0.2) is 53.0 Å². The van der Waals surface area contributed by atoms with Crippen LogP contribution < -0.4 is 16.4 Å². The third-order valence-corrected chi connectivity index (χ3v) is 6.07. The van der Waals surface area contributed by atoms with E-state index in [1.165, 1.54) is 0 Å². The molecule has 0 spiro atoms. The standard InChI is InChI=1S/C27H33N5O2/c1-27(2,3)30-17-29-24-16-22(25(28)33)14-21-11-10-20(15-23(21)31-24)18-6-8-19(9-7-18)26(34)32-12-4-5-13-32/h6-11,14-15,30H,4-5,12-13,16-17H2,1-3H3,(H2,28,33)(H,29,31). The molecule has 0 atom stereocenters. The Morgan fingerprint density at radius 2 is 1.74 bits per heavy atom. The number of nitrogens with zero attached hydrogens (tertiary/aromatic N) is 2. The summed E-state index contributed by atoms with van der Waals surface area (Å²) < 4.78 is 0. The summed E-state index contributed by atoms with van der Waals surface area (Å²) in [6.07, 6.45) is 4.33. The Kier molecular flexibility index (Phi) is 6.84. The van der Waals surface area contributed by atoms with E-state index in [0.29, 0.717) is 30.1 Å². The fraction of sp³-hybridized carbons (Fsp3) is 0.370. The van der Waals surface area contributed by atoms with Crippen molar-refractivity contribution >= 4 is 29.4 Å². The number of hydrogen-bond donors (Lipinski definition) is 3. The molecule has 2 aromatic carbocycles. The Morgan fingerprint density at radius 3 is 2.38 bits per heavy atom. The topological polar surface area (TPSA) is 99.8 Å². The van der Waals surface area contributed by atoms with Gasteiger partial charge in [-0.3, -0.25) is 19.9 Å². The maximum absolute atomic E-state index is 12.6. The van der Waals surface area contributed by atoms with Crippen molar-refractivity contribution in [1.29, 1.82) is 0 Å². The van der Waals surface area contributed by atoms with Gasteiger partial charge in [-0.1, -0.05) is 24.3 Å². The zero-order valence-corrected chi connectivity index (χ0v) is 20.1. The number of amidine groups is 1. The summed E-state index contributed by atoms with van der Waals surface area (Å²) in [5.74, 6) is 0.333. The number of hydrogen-bond acceptors (Lipinski definition) is 4. The molecule has 4 N–H and O–H groups in total. The maximum Gasteiger partial charge on any atom is 0.253 e. The molecule has 2 aliphatic rings.